The Morgan fingerprint density at radius 2 is 1.97 bits per heavy atom. The molecule has 2 N–H and O–H groups in total. The van der Waals surface area contributed by atoms with E-state index in [1.54, 1.807) is 24.3 Å². The Hall–Kier alpha value is -3.20. The van der Waals surface area contributed by atoms with Gasteiger partial charge >= 0.3 is 0 Å². The zero-order chi connectivity index (χ0) is 22.9. The lowest BCUT2D eigenvalue weighted by Gasteiger charge is -2.19. The summed E-state index contributed by atoms with van der Waals surface area (Å²) in [5, 5.41) is 2.89. The highest BCUT2D eigenvalue weighted by Gasteiger charge is 2.32. The van der Waals surface area contributed by atoms with Gasteiger partial charge in [-0.05, 0) is 42.2 Å². The van der Waals surface area contributed by atoms with Gasteiger partial charge in [0.2, 0.25) is 11.8 Å². The lowest BCUT2D eigenvalue weighted by Crippen LogP contribution is -2.34. The lowest BCUT2D eigenvalue weighted by atomic mass is 10.0. The van der Waals surface area contributed by atoms with Gasteiger partial charge in [-0.15, -0.1) is 0 Å². The van der Waals surface area contributed by atoms with E-state index in [1.807, 2.05) is 36.9 Å². The van der Waals surface area contributed by atoms with Gasteiger partial charge in [-0.3, -0.25) is 19.3 Å². The largest absolute Gasteiger partial charge is 0.338 e. The highest BCUT2D eigenvalue weighted by atomic mass is 32.2. The van der Waals surface area contributed by atoms with E-state index in [2.05, 4.69) is 15.0 Å². The number of fused-ring (bicyclic) bond motifs is 1. The van der Waals surface area contributed by atoms with Crippen LogP contribution in [0, 0.1) is 5.92 Å². The van der Waals surface area contributed by atoms with Gasteiger partial charge < -0.3 is 10.2 Å². The summed E-state index contributed by atoms with van der Waals surface area (Å²) in [4.78, 5) is 31.4. The predicted molar refractivity (Wildman–Crippen MR) is 122 cm³/mol. The molecule has 0 aliphatic carbocycles. The van der Waals surface area contributed by atoms with Crippen LogP contribution in [-0.2, 0) is 26.2 Å². The maximum Gasteiger partial charge on any atom is 0.263 e. The van der Waals surface area contributed by atoms with E-state index in [0.29, 0.717) is 24.2 Å². The topological polar surface area (TPSA) is 108 Å². The fraction of sp³-hybridized carbons (Fsp3) is 0.348. The predicted octanol–water partition coefficient (Wildman–Crippen LogP) is 2.51. The molecule has 4 rings (SSSR count). The van der Waals surface area contributed by atoms with E-state index in [1.165, 1.54) is 6.07 Å². The van der Waals surface area contributed by atoms with Gasteiger partial charge in [0.25, 0.3) is 10.0 Å². The van der Waals surface area contributed by atoms with Crippen molar-refractivity contribution in [2.24, 2.45) is 10.9 Å². The third kappa shape index (κ3) is 4.52. The first-order chi connectivity index (χ1) is 15.2. The molecule has 0 saturated carbocycles. The molecule has 32 heavy (non-hydrogen) atoms. The van der Waals surface area contributed by atoms with Crippen LogP contribution < -0.4 is 10.0 Å². The molecule has 168 valence electrons. The average molecular weight is 455 g/mol. The second kappa shape index (κ2) is 8.74. The first-order valence-corrected chi connectivity index (χ1v) is 12.1. The summed E-state index contributed by atoms with van der Waals surface area (Å²) in [5.74, 6) is -0.166. The summed E-state index contributed by atoms with van der Waals surface area (Å²) in [6.45, 7) is 4.98. The Kier molecular flexibility index (Phi) is 6.01. The molecule has 1 fully saturated rings. The number of sulfonamides is 1. The van der Waals surface area contributed by atoms with Crippen molar-refractivity contribution in [1.82, 2.24) is 9.62 Å². The summed E-state index contributed by atoms with van der Waals surface area (Å²) in [7, 11) is -3.68. The van der Waals surface area contributed by atoms with Gasteiger partial charge in [-0.25, -0.2) is 8.42 Å². The number of hydrogen-bond acceptors (Lipinski definition) is 5. The molecule has 0 radical (unpaired) electrons. The van der Waals surface area contributed by atoms with E-state index >= 15 is 0 Å². The zero-order valence-corrected chi connectivity index (χ0v) is 18.9. The van der Waals surface area contributed by atoms with Crippen molar-refractivity contribution in [2.45, 2.75) is 44.2 Å². The minimum Gasteiger partial charge on any atom is -0.338 e. The summed E-state index contributed by atoms with van der Waals surface area (Å²) in [5.41, 5.74) is 2.00. The number of carbonyl (C=O) groups is 2. The van der Waals surface area contributed by atoms with Crippen molar-refractivity contribution in [1.29, 1.82) is 0 Å². The van der Waals surface area contributed by atoms with E-state index in [9.17, 15) is 18.0 Å². The maximum atomic E-state index is 13.1. The summed E-state index contributed by atoms with van der Waals surface area (Å²) in [6, 6.07) is 13.2. The number of amidine groups is 1. The van der Waals surface area contributed by atoms with Crippen molar-refractivity contribution in [2.75, 3.05) is 11.9 Å². The summed E-state index contributed by atoms with van der Waals surface area (Å²) >= 11 is 0. The highest BCUT2D eigenvalue weighted by molar-refractivity contribution is 7.90. The van der Waals surface area contributed by atoms with Crippen molar-refractivity contribution in [3.05, 3.63) is 59.7 Å². The number of benzene rings is 2. The first kappa shape index (κ1) is 22.0. The number of anilines is 1. The fourth-order valence-corrected chi connectivity index (χ4v) is 5.17. The number of hydrogen-bond donors (Lipinski definition) is 2. The van der Waals surface area contributed by atoms with Crippen molar-refractivity contribution in [3.63, 3.8) is 0 Å². The molecule has 2 amide bonds. The molecule has 2 aromatic carbocycles. The lowest BCUT2D eigenvalue weighted by molar-refractivity contribution is -0.128. The summed E-state index contributed by atoms with van der Waals surface area (Å²) in [6.07, 6.45) is 1.46. The highest BCUT2D eigenvalue weighted by Crippen LogP contribution is 2.24. The van der Waals surface area contributed by atoms with Gasteiger partial charge in [0, 0.05) is 30.8 Å². The Balaban J connectivity index is 1.53. The monoisotopic (exact) mass is 454 g/mol. The van der Waals surface area contributed by atoms with Crippen LogP contribution >= 0.6 is 0 Å². The van der Waals surface area contributed by atoms with E-state index in [0.717, 1.165) is 18.5 Å². The molecule has 0 bridgehead atoms. The third-order valence-corrected chi connectivity index (χ3v) is 6.97. The minimum atomic E-state index is -3.68. The minimum absolute atomic E-state index is 0.148. The molecule has 2 heterocycles. The van der Waals surface area contributed by atoms with Crippen LogP contribution in [0.4, 0.5) is 5.69 Å². The Labute approximate surface area is 187 Å². The number of nitrogens with one attached hydrogen (secondary N) is 2. The van der Waals surface area contributed by atoms with Gasteiger partial charge in [-0.2, -0.15) is 0 Å². The Morgan fingerprint density at radius 3 is 2.69 bits per heavy atom. The number of amides is 2. The molecule has 0 aromatic heterocycles. The molecule has 2 aliphatic heterocycles. The number of rotatable bonds is 6. The molecule has 0 spiro atoms. The number of carbonyl (C=O) groups excluding carboxylic acids is 2. The van der Waals surface area contributed by atoms with Crippen LogP contribution in [0.3, 0.4) is 0 Å². The van der Waals surface area contributed by atoms with Crippen LogP contribution in [0.1, 0.15) is 37.8 Å². The summed E-state index contributed by atoms with van der Waals surface area (Å²) < 4.78 is 27.2. The molecule has 9 heteroatoms. The van der Waals surface area contributed by atoms with Crippen molar-refractivity contribution in [3.8, 4) is 0 Å². The maximum absolute atomic E-state index is 13.1. The molecular formula is C23H26N4O4S. The van der Waals surface area contributed by atoms with Crippen molar-refractivity contribution >= 4 is 33.4 Å². The molecule has 1 atom stereocenters. The number of nitrogens with zero attached hydrogens (tertiary/aromatic N) is 2. The standard InChI is InChI=1S/C23H26N4O4S/c1-15(2)21(25-22-18-9-3-4-10-19(18)32(30,31)26-22)23(29)24-17-8-5-7-16(13-17)14-27-12-6-11-20(27)28/h3-5,7-10,13,15,21H,6,11-12,14H2,1-2H3,(H,24,29)(H,25,26)/t21-/m0/s1. The Morgan fingerprint density at radius 1 is 1.19 bits per heavy atom. The van der Waals surface area contributed by atoms with Gasteiger partial charge in [0.15, 0.2) is 0 Å². The second-order valence-corrected chi connectivity index (χ2v) is 10.0. The fourth-order valence-electron chi connectivity index (χ4n) is 3.93. The van der Waals surface area contributed by atoms with E-state index in [-0.39, 0.29) is 28.5 Å². The molecule has 0 unspecified atom stereocenters. The van der Waals surface area contributed by atoms with Crippen LogP contribution in [0.25, 0.3) is 0 Å². The molecule has 8 nitrogen and oxygen atoms in total. The molecule has 1 saturated heterocycles. The SMILES string of the molecule is CC(C)[C@H](N=C1NS(=O)(=O)c2ccccc21)C(=O)Nc1cccc(CN2CCCC2=O)c1. The Bertz CT molecular complexity index is 1190. The number of aliphatic imine (C=N–C) groups is 1. The number of likely N-dealkylation sites (tertiary alicyclic amines) is 1. The normalized spacial score (nSPS) is 19.2. The van der Waals surface area contributed by atoms with Crippen LogP contribution in [0.15, 0.2) is 58.4 Å². The van der Waals surface area contributed by atoms with Gasteiger partial charge in [-0.1, -0.05) is 38.1 Å². The van der Waals surface area contributed by atoms with Gasteiger partial charge in [0.05, 0.1) is 4.90 Å². The third-order valence-electron chi connectivity index (χ3n) is 5.57. The zero-order valence-electron chi connectivity index (χ0n) is 18.0. The molecule has 2 aliphatic rings. The van der Waals surface area contributed by atoms with Crippen molar-refractivity contribution < 1.29 is 18.0 Å². The molecular weight excluding hydrogens is 428 g/mol. The van der Waals surface area contributed by atoms with E-state index < -0.39 is 16.1 Å². The smallest absolute Gasteiger partial charge is 0.263 e. The van der Waals surface area contributed by atoms with E-state index in [4.69, 9.17) is 0 Å². The first-order valence-electron chi connectivity index (χ1n) is 10.6. The molecule has 2 aromatic rings. The second-order valence-electron chi connectivity index (χ2n) is 8.38. The van der Waals surface area contributed by atoms with Crippen LogP contribution in [0.5, 0.6) is 0 Å². The van der Waals surface area contributed by atoms with Gasteiger partial charge in [0.1, 0.15) is 11.9 Å². The van der Waals surface area contributed by atoms with Crippen LogP contribution in [-0.4, -0.2) is 43.6 Å². The van der Waals surface area contributed by atoms with Crippen LogP contribution in [0.2, 0.25) is 0 Å². The average Bonchev–Trinajstić information content (AvgIpc) is 3.26. The quantitative estimate of drug-likeness (QED) is 0.699.